The number of nitrogens with zero attached hydrogens (tertiary/aromatic N) is 2. The maximum atomic E-state index is 14.7. The topological polar surface area (TPSA) is 276 Å². The number of Topliss-reactive ketones (excluding diaryl/α,β-unsaturated/α-hetero) is 1. The fraction of sp³-hybridized carbons (Fsp3) is 0.714. The lowest BCUT2D eigenvalue weighted by Gasteiger charge is -2.39. The van der Waals surface area contributed by atoms with Gasteiger partial charge in [-0.1, -0.05) is 26.0 Å². The van der Waals surface area contributed by atoms with Crippen LogP contribution >= 0.6 is 0 Å². The first-order valence-electron chi connectivity index (χ1n) is 21.2. The Morgan fingerprint density at radius 1 is 0.800 bits per heavy atom. The van der Waals surface area contributed by atoms with E-state index in [4.69, 9.17) is 5.73 Å². The first-order valence-corrected chi connectivity index (χ1v) is 21.2. The third-order valence-electron chi connectivity index (χ3n) is 10.8. The molecule has 2 saturated heterocycles. The number of phenols is 1. The summed E-state index contributed by atoms with van der Waals surface area (Å²) in [5.41, 5.74) is 5.68. The highest BCUT2D eigenvalue weighted by molar-refractivity contribution is 5.96. The number of phenolic OH excluding ortho intramolecular Hbond substituents is 1. The maximum absolute atomic E-state index is 14.7. The number of amides is 5. The average Bonchev–Trinajstić information content (AvgIpc) is 3.64. The van der Waals surface area contributed by atoms with Crippen LogP contribution in [0.5, 0.6) is 5.75 Å². The van der Waals surface area contributed by atoms with Crippen molar-refractivity contribution in [3.8, 4) is 5.75 Å². The minimum Gasteiger partial charge on any atom is -0.508 e. The normalized spacial score (nSPS) is 20.5. The molecule has 0 radical (unpaired) electrons. The number of hydrogen-bond donors (Lipinski definition) is 10. The number of piperidine rings is 1. The van der Waals surface area contributed by atoms with Gasteiger partial charge in [0.2, 0.25) is 29.5 Å². The van der Waals surface area contributed by atoms with Crippen LogP contribution in [0.3, 0.4) is 0 Å². The summed E-state index contributed by atoms with van der Waals surface area (Å²) in [7, 11) is 0. The van der Waals surface area contributed by atoms with Crippen LogP contribution in [-0.2, 0) is 35.2 Å². The molecule has 2 heterocycles. The first-order chi connectivity index (χ1) is 28.1. The van der Waals surface area contributed by atoms with Gasteiger partial charge in [0, 0.05) is 37.5 Å². The number of aliphatic hydroxyl groups is 3. The van der Waals surface area contributed by atoms with E-state index in [9.17, 15) is 49.2 Å². The van der Waals surface area contributed by atoms with Crippen molar-refractivity contribution >= 4 is 35.3 Å². The Morgan fingerprint density at radius 2 is 1.42 bits per heavy atom. The number of aliphatic hydroxyl groups excluding tert-OH is 2. The van der Waals surface area contributed by atoms with Gasteiger partial charge >= 0.3 is 0 Å². The van der Waals surface area contributed by atoms with Gasteiger partial charge in [-0.05, 0) is 103 Å². The summed E-state index contributed by atoms with van der Waals surface area (Å²) in [5.74, 6) is -3.54. The molecule has 18 nitrogen and oxygen atoms in total. The molecular weight excluding hydrogens is 777 g/mol. The van der Waals surface area contributed by atoms with E-state index < -0.39 is 90.6 Å². The molecule has 11 N–H and O–H groups in total. The second-order valence-electron chi connectivity index (χ2n) is 17.8. The number of carbonyl (C=O) groups excluding carboxylic acids is 6. The number of hydrogen-bond acceptors (Lipinski definition) is 13. The molecule has 0 aromatic heterocycles. The van der Waals surface area contributed by atoms with E-state index in [1.807, 2.05) is 46.4 Å². The summed E-state index contributed by atoms with van der Waals surface area (Å²) in [6.45, 7) is 13.9. The first kappa shape index (κ1) is 50.2. The van der Waals surface area contributed by atoms with Crippen LogP contribution in [0, 0.1) is 5.92 Å². The molecule has 0 aliphatic carbocycles. The van der Waals surface area contributed by atoms with Gasteiger partial charge in [-0.25, -0.2) is 0 Å². The van der Waals surface area contributed by atoms with Crippen LogP contribution < -0.4 is 32.3 Å². The monoisotopic (exact) mass is 847 g/mol. The van der Waals surface area contributed by atoms with E-state index in [0.717, 1.165) is 0 Å². The van der Waals surface area contributed by atoms with Crippen LogP contribution in [0.4, 0.5) is 0 Å². The Labute approximate surface area is 353 Å². The molecule has 5 amide bonds. The van der Waals surface area contributed by atoms with Gasteiger partial charge in [0.05, 0.1) is 24.7 Å². The molecule has 338 valence electrons. The van der Waals surface area contributed by atoms with Crippen molar-refractivity contribution in [1.82, 2.24) is 36.4 Å². The number of aromatic hydroxyl groups is 1. The summed E-state index contributed by atoms with van der Waals surface area (Å²) in [4.78, 5) is 85.8. The number of primary amides is 1. The molecule has 0 saturated carbocycles. The summed E-state index contributed by atoms with van der Waals surface area (Å²) in [6.07, 6.45) is -0.456. The Kier molecular flexibility index (Phi) is 19.3. The molecule has 2 fully saturated rings. The predicted molar refractivity (Wildman–Crippen MR) is 224 cm³/mol. The molecular formula is C42H70N8O10. The van der Waals surface area contributed by atoms with Crippen LogP contribution in [0.1, 0.15) is 99.0 Å². The van der Waals surface area contributed by atoms with Crippen molar-refractivity contribution < 1.29 is 49.2 Å². The maximum Gasteiger partial charge on any atom is 0.246 e. The number of benzene rings is 1. The number of ketones is 1. The highest BCUT2D eigenvalue weighted by Gasteiger charge is 2.43. The van der Waals surface area contributed by atoms with Crippen molar-refractivity contribution in [3.05, 3.63) is 29.8 Å². The Bertz CT molecular complexity index is 1600. The standard InChI is InChI=1S/C42H70N8O10/c1-24(2)19-30(38(57)46-29(37(43)56)21-35(54)55)47-40(59)33-11-8-9-17-50(33)41(60)31(20-27-13-15-28(52)16-14-27)48-39(58)32-12-10-18-49(32)36(26(4)44-22-25(3)51)34(53)23-45-42(5,6)7/h13-16,24-26,29-33,35-36,44-45,51-52,54-55H,8-12,17-23H2,1-7H3,(H2,43,56)(H,46,57)(H,47,59)(H,48,58)/t25?,26-,29-,30-,31-,32-,33+,36-/m0/s1. The molecule has 2 aliphatic rings. The highest BCUT2D eigenvalue weighted by atomic mass is 16.5. The van der Waals surface area contributed by atoms with E-state index in [0.29, 0.717) is 37.8 Å². The van der Waals surface area contributed by atoms with Gasteiger partial charge in [-0.3, -0.25) is 33.7 Å². The fourth-order valence-corrected chi connectivity index (χ4v) is 7.78. The van der Waals surface area contributed by atoms with Crippen molar-refractivity contribution in [3.63, 3.8) is 0 Å². The Morgan fingerprint density at radius 3 is 2.00 bits per heavy atom. The van der Waals surface area contributed by atoms with Crippen LogP contribution in [-0.4, -0.2) is 152 Å². The zero-order chi connectivity index (χ0) is 44.9. The molecule has 1 aromatic carbocycles. The molecule has 0 spiro atoms. The molecule has 1 aromatic rings. The number of nitrogens with one attached hydrogen (secondary N) is 5. The third-order valence-corrected chi connectivity index (χ3v) is 10.8. The van der Waals surface area contributed by atoms with Gasteiger partial charge in [0.1, 0.15) is 29.9 Å². The lowest BCUT2D eigenvalue weighted by atomic mass is 9.96. The highest BCUT2D eigenvalue weighted by Crippen LogP contribution is 2.25. The predicted octanol–water partition coefficient (Wildman–Crippen LogP) is -0.848. The molecule has 3 rings (SSSR count). The van der Waals surface area contributed by atoms with Gasteiger partial charge in [0.25, 0.3) is 0 Å². The molecule has 2 aliphatic heterocycles. The minimum atomic E-state index is -1.92. The zero-order valence-corrected chi connectivity index (χ0v) is 36.3. The van der Waals surface area contributed by atoms with E-state index in [-0.39, 0.29) is 61.9 Å². The van der Waals surface area contributed by atoms with Gasteiger partial charge in [-0.2, -0.15) is 0 Å². The molecule has 8 atom stereocenters. The minimum absolute atomic E-state index is 0.0182. The molecule has 60 heavy (non-hydrogen) atoms. The molecule has 18 heteroatoms. The second kappa shape index (κ2) is 23.1. The Balaban J connectivity index is 1.92. The number of rotatable bonds is 22. The van der Waals surface area contributed by atoms with E-state index in [2.05, 4.69) is 26.6 Å². The smallest absolute Gasteiger partial charge is 0.246 e. The molecule has 1 unspecified atom stereocenters. The third kappa shape index (κ3) is 15.7. The van der Waals surface area contributed by atoms with Gasteiger partial charge in [0.15, 0.2) is 12.1 Å². The van der Waals surface area contributed by atoms with Crippen molar-refractivity contribution in [1.29, 1.82) is 0 Å². The number of likely N-dealkylation sites (tertiary alicyclic amines) is 2. The average molecular weight is 847 g/mol. The van der Waals surface area contributed by atoms with Crippen LogP contribution in [0.25, 0.3) is 0 Å². The van der Waals surface area contributed by atoms with Crippen molar-refractivity contribution in [2.24, 2.45) is 11.7 Å². The lowest BCUT2D eigenvalue weighted by molar-refractivity contribution is -0.146. The number of carbonyl (C=O) groups is 6. The van der Waals surface area contributed by atoms with Crippen LogP contribution in [0.15, 0.2) is 24.3 Å². The summed E-state index contributed by atoms with van der Waals surface area (Å²) in [6, 6.07) is -0.445. The van der Waals surface area contributed by atoms with E-state index >= 15 is 0 Å². The largest absolute Gasteiger partial charge is 0.508 e. The second-order valence-corrected chi connectivity index (χ2v) is 17.8. The van der Waals surface area contributed by atoms with Gasteiger partial charge in [-0.15, -0.1) is 0 Å². The lowest BCUT2D eigenvalue weighted by Crippen LogP contribution is -2.63. The summed E-state index contributed by atoms with van der Waals surface area (Å²) < 4.78 is 0. The van der Waals surface area contributed by atoms with Crippen molar-refractivity contribution in [2.75, 3.05) is 26.2 Å². The van der Waals surface area contributed by atoms with E-state index in [1.165, 1.54) is 17.0 Å². The summed E-state index contributed by atoms with van der Waals surface area (Å²) in [5, 5.41) is 53.4. The number of nitrogens with two attached hydrogens (primary N) is 1. The van der Waals surface area contributed by atoms with E-state index in [1.54, 1.807) is 19.1 Å². The molecule has 0 bridgehead atoms. The summed E-state index contributed by atoms with van der Waals surface area (Å²) >= 11 is 0. The Hall–Kier alpha value is -4.20. The van der Waals surface area contributed by atoms with Crippen molar-refractivity contribution in [2.45, 2.75) is 160 Å². The van der Waals surface area contributed by atoms with Gasteiger partial charge < -0.3 is 57.6 Å². The van der Waals surface area contributed by atoms with Crippen LogP contribution in [0.2, 0.25) is 0 Å². The quantitative estimate of drug-likeness (QED) is 0.0638. The SMILES string of the molecule is CC(C)C[C@H](NC(=O)[C@H]1CCCCN1C(=O)[C@H](Cc1ccc(O)cc1)NC(=O)[C@@H]1CCCN1[C@H](C(=O)CNC(C)(C)C)[C@H](C)NCC(C)O)C(=O)N[C@@H](CC(O)O)C(N)=O. The fourth-order valence-electron chi connectivity index (χ4n) is 7.78. The zero-order valence-electron chi connectivity index (χ0n) is 36.3.